The maximum absolute atomic E-state index is 2.38. The van der Waals surface area contributed by atoms with Crippen LogP contribution in [0.25, 0.3) is 0 Å². The number of unbranched alkanes of at least 4 members (excludes halogenated alkanes) is 10. The Kier molecular flexibility index (Phi) is 15.0. The van der Waals surface area contributed by atoms with Gasteiger partial charge < -0.3 is 8.97 Å². The predicted molar refractivity (Wildman–Crippen MR) is 115 cm³/mol. The summed E-state index contributed by atoms with van der Waals surface area (Å²) in [5.74, 6) is 0. The molecule has 2 heteroatoms. The Balaban J connectivity index is 3.27. The van der Waals surface area contributed by atoms with Crippen LogP contribution in [0.15, 0.2) is 0 Å². The Morgan fingerprint density at radius 2 is 0.600 bits per heavy atom. The van der Waals surface area contributed by atoms with Crippen LogP contribution in [0.1, 0.15) is 97.3 Å². The summed E-state index contributed by atoms with van der Waals surface area (Å²) in [6.07, 6.45) is 18.6. The van der Waals surface area contributed by atoms with Gasteiger partial charge in [-0.2, -0.15) is 0 Å². The minimum Gasteiger partial charge on any atom is -0.328 e. The van der Waals surface area contributed by atoms with Crippen molar-refractivity contribution in [2.75, 3.05) is 54.4 Å². The number of hydrogen-bond donors (Lipinski definition) is 0. The molecular formula is C23H52N2+2. The van der Waals surface area contributed by atoms with Crippen molar-refractivity contribution in [2.24, 2.45) is 0 Å². The fourth-order valence-electron chi connectivity index (χ4n) is 4.10. The smallest absolute Gasteiger partial charge is 0.0782 e. The largest absolute Gasteiger partial charge is 0.328 e. The first-order valence-corrected chi connectivity index (χ1v) is 11.5. The first-order chi connectivity index (χ1) is 11.8. The maximum atomic E-state index is 2.38. The van der Waals surface area contributed by atoms with Crippen molar-refractivity contribution in [3.05, 3.63) is 0 Å². The van der Waals surface area contributed by atoms with Crippen LogP contribution in [0.5, 0.6) is 0 Å². The average Bonchev–Trinajstić information content (AvgIpc) is 2.51. The molecule has 0 aliphatic carbocycles. The van der Waals surface area contributed by atoms with E-state index in [1.165, 1.54) is 119 Å². The zero-order chi connectivity index (χ0) is 19.0. The molecule has 0 amide bonds. The van der Waals surface area contributed by atoms with E-state index in [9.17, 15) is 0 Å². The summed E-state index contributed by atoms with van der Waals surface area (Å²) in [6.45, 7) is 9.98. The Morgan fingerprint density at radius 3 is 0.840 bits per heavy atom. The zero-order valence-corrected chi connectivity index (χ0v) is 18.9. The van der Waals surface area contributed by atoms with E-state index < -0.39 is 0 Å². The summed E-state index contributed by atoms with van der Waals surface area (Å²) in [6, 6.07) is 0. The molecule has 0 fully saturated rings. The molecule has 0 atom stereocenters. The molecule has 0 saturated heterocycles. The lowest BCUT2D eigenvalue weighted by molar-refractivity contribution is -0.890. The number of rotatable bonds is 18. The lowest BCUT2D eigenvalue weighted by Crippen LogP contribution is -2.40. The molecule has 0 saturated carbocycles. The first kappa shape index (κ1) is 24.9. The van der Waals surface area contributed by atoms with Crippen LogP contribution in [0.2, 0.25) is 0 Å². The molecule has 0 aromatic heterocycles. The van der Waals surface area contributed by atoms with E-state index in [0.29, 0.717) is 0 Å². The molecule has 0 aliphatic rings. The second kappa shape index (κ2) is 15.0. The molecule has 25 heavy (non-hydrogen) atoms. The summed E-state index contributed by atoms with van der Waals surface area (Å²) >= 11 is 0. The second-order valence-corrected chi connectivity index (χ2v) is 9.65. The van der Waals surface area contributed by atoms with Crippen LogP contribution in [0.3, 0.4) is 0 Å². The Labute approximate surface area is 161 Å². The zero-order valence-electron chi connectivity index (χ0n) is 18.9. The standard InChI is InChI=1S/C23H52N2/c1-7-20-24(3,4)22-18-16-14-12-10-9-11-13-15-17-19-23-25(5,6)21-8-2/h7-23H2,1-6H3/q+2. The normalized spacial score (nSPS) is 12.7. The van der Waals surface area contributed by atoms with Crippen molar-refractivity contribution in [3.63, 3.8) is 0 Å². The van der Waals surface area contributed by atoms with E-state index >= 15 is 0 Å². The fraction of sp³-hybridized carbons (Fsp3) is 1.00. The van der Waals surface area contributed by atoms with E-state index in [2.05, 4.69) is 42.0 Å². The Bertz CT molecular complexity index is 256. The van der Waals surface area contributed by atoms with Gasteiger partial charge in [0.25, 0.3) is 0 Å². The molecule has 0 rings (SSSR count). The molecule has 0 spiro atoms. The number of quaternary nitrogens is 2. The van der Waals surface area contributed by atoms with Crippen LogP contribution < -0.4 is 0 Å². The van der Waals surface area contributed by atoms with E-state index in [-0.39, 0.29) is 0 Å². The Hall–Kier alpha value is -0.0800. The van der Waals surface area contributed by atoms with Crippen LogP contribution in [-0.2, 0) is 0 Å². The van der Waals surface area contributed by atoms with Crippen molar-refractivity contribution < 1.29 is 8.97 Å². The fourth-order valence-corrected chi connectivity index (χ4v) is 4.10. The molecule has 0 aromatic carbocycles. The molecular weight excluding hydrogens is 304 g/mol. The third-order valence-corrected chi connectivity index (χ3v) is 5.68. The molecule has 0 N–H and O–H groups in total. The minimum atomic E-state index is 1.21. The van der Waals surface area contributed by atoms with Crippen molar-refractivity contribution in [1.29, 1.82) is 0 Å². The van der Waals surface area contributed by atoms with Crippen LogP contribution >= 0.6 is 0 Å². The van der Waals surface area contributed by atoms with Gasteiger partial charge in [0.2, 0.25) is 0 Å². The highest BCUT2D eigenvalue weighted by molar-refractivity contribution is 4.49. The summed E-state index contributed by atoms with van der Waals surface area (Å²) in [4.78, 5) is 0. The summed E-state index contributed by atoms with van der Waals surface area (Å²) in [5, 5.41) is 0. The molecule has 0 unspecified atom stereocenters. The first-order valence-electron chi connectivity index (χ1n) is 11.5. The number of nitrogens with zero attached hydrogens (tertiary/aromatic N) is 2. The van der Waals surface area contributed by atoms with Gasteiger partial charge in [-0.05, 0) is 38.5 Å². The highest BCUT2D eigenvalue weighted by Crippen LogP contribution is 2.13. The van der Waals surface area contributed by atoms with Gasteiger partial charge in [-0.3, -0.25) is 0 Å². The van der Waals surface area contributed by atoms with Crippen molar-refractivity contribution in [1.82, 2.24) is 0 Å². The van der Waals surface area contributed by atoms with E-state index in [4.69, 9.17) is 0 Å². The second-order valence-electron chi connectivity index (χ2n) is 9.65. The van der Waals surface area contributed by atoms with Gasteiger partial charge in [-0.1, -0.05) is 58.8 Å². The van der Waals surface area contributed by atoms with Gasteiger partial charge in [-0.15, -0.1) is 0 Å². The van der Waals surface area contributed by atoms with Crippen molar-refractivity contribution >= 4 is 0 Å². The lowest BCUT2D eigenvalue weighted by atomic mass is 10.1. The molecule has 0 aliphatic heterocycles. The van der Waals surface area contributed by atoms with Gasteiger partial charge >= 0.3 is 0 Å². The lowest BCUT2D eigenvalue weighted by Gasteiger charge is -2.29. The van der Waals surface area contributed by atoms with Gasteiger partial charge in [-0.25, -0.2) is 0 Å². The van der Waals surface area contributed by atoms with Gasteiger partial charge in [0, 0.05) is 0 Å². The van der Waals surface area contributed by atoms with Crippen molar-refractivity contribution in [2.45, 2.75) is 97.3 Å². The van der Waals surface area contributed by atoms with Crippen molar-refractivity contribution in [3.8, 4) is 0 Å². The van der Waals surface area contributed by atoms with Crippen LogP contribution in [-0.4, -0.2) is 63.3 Å². The van der Waals surface area contributed by atoms with E-state index in [0.717, 1.165) is 0 Å². The molecule has 0 heterocycles. The summed E-state index contributed by atoms with van der Waals surface area (Å²) in [5.41, 5.74) is 0. The minimum absolute atomic E-state index is 1.21. The maximum Gasteiger partial charge on any atom is 0.0782 e. The SMILES string of the molecule is CCC[N+](C)(C)CCCCCCCCCCCCC[N+](C)(C)CCC. The third kappa shape index (κ3) is 17.1. The Morgan fingerprint density at radius 1 is 0.360 bits per heavy atom. The predicted octanol–water partition coefficient (Wildman–Crippen LogP) is 6.25. The summed E-state index contributed by atoms with van der Waals surface area (Å²) in [7, 11) is 9.53. The molecule has 152 valence electrons. The summed E-state index contributed by atoms with van der Waals surface area (Å²) < 4.78 is 2.43. The highest BCUT2D eigenvalue weighted by Gasteiger charge is 2.12. The van der Waals surface area contributed by atoms with Crippen LogP contribution in [0, 0.1) is 0 Å². The van der Waals surface area contributed by atoms with Crippen LogP contribution in [0.4, 0.5) is 0 Å². The van der Waals surface area contributed by atoms with Gasteiger partial charge in [0.05, 0.1) is 54.4 Å². The molecule has 0 radical (unpaired) electrons. The van der Waals surface area contributed by atoms with Gasteiger partial charge in [0.1, 0.15) is 0 Å². The monoisotopic (exact) mass is 356 g/mol. The third-order valence-electron chi connectivity index (χ3n) is 5.68. The quantitative estimate of drug-likeness (QED) is 0.201. The highest BCUT2D eigenvalue weighted by atomic mass is 15.3. The van der Waals surface area contributed by atoms with E-state index in [1.54, 1.807) is 0 Å². The number of hydrogen-bond acceptors (Lipinski definition) is 0. The molecule has 2 nitrogen and oxygen atoms in total. The van der Waals surface area contributed by atoms with E-state index in [1.807, 2.05) is 0 Å². The topological polar surface area (TPSA) is 0 Å². The molecule has 0 bridgehead atoms. The molecule has 0 aromatic rings. The average molecular weight is 357 g/mol. The van der Waals surface area contributed by atoms with Gasteiger partial charge in [0.15, 0.2) is 0 Å².